The van der Waals surface area contributed by atoms with Crippen molar-refractivity contribution in [1.29, 1.82) is 0 Å². The Kier molecular flexibility index (Phi) is 3.25. The molecule has 2 rings (SSSR count). The van der Waals surface area contributed by atoms with Crippen molar-refractivity contribution in [3.05, 3.63) is 64.5 Å². The molecule has 0 aliphatic rings. The van der Waals surface area contributed by atoms with Gasteiger partial charge in [0.2, 0.25) is 0 Å². The average molecular weight is 227 g/mol. The fourth-order valence-corrected chi connectivity index (χ4v) is 1.91. The summed E-state index contributed by atoms with van der Waals surface area (Å²) in [5, 5.41) is 10.4. The first-order valence-corrected chi connectivity index (χ1v) is 5.75. The lowest BCUT2D eigenvalue weighted by Gasteiger charge is -2.15. The Morgan fingerprint density at radius 1 is 1.00 bits per heavy atom. The van der Waals surface area contributed by atoms with E-state index in [1.54, 1.807) is 12.4 Å². The Bertz CT molecular complexity index is 534. The van der Waals surface area contributed by atoms with Gasteiger partial charge in [-0.3, -0.25) is 4.98 Å². The SMILES string of the molecule is Cc1ccc(C(O)c2ccncc2C)cc1C. The van der Waals surface area contributed by atoms with E-state index >= 15 is 0 Å². The number of aliphatic hydroxyl groups excluding tert-OH is 1. The number of aromatic nitrogens is 1. The van der Waals surface area contributed by atoms with Crippen LogP contribution < -0.4 is 0 Å². The van der Waals surface area contributed by atoms with Crippen LogP contribution in [0.15, 0.2) is 36.7 Å². The molecule has 2 nitrogen and oxygen atoms in total. The molecular formula is C15H17NO. The van der Waals surface area contributed by atoms with Gasteiger partial charge < -0.3 is 5.11 Å². The summed E-state index contributed by atoms with van der Waals surface area (Å²) in [5.41, 5.74) is 5.31. The Morgan fingerprint density at radius 2 is 1.76 bits per heavy atom. The van der Waals surface area contributed by atoms with E-state index in [0.717, 1.165) is 16.7 Å². The molecule has 0 saturated carbocycles. The summed E-state index contributed by atoms with van der Waals surface area (Å²) in [6.07, 6.45) is 2.92. The van der Waals surface area contributed by atoms with E-state index < -0.39 is 6.10 Å². The predicted molar refractivity (Wildman–Crippen MR) is 69.0 cm³/mol. The second-order valence-corrected chi connectivity index (χ2v) is 4.48. The van der Waals surface area contributed by atoms with Crippen molar-refractivity contribution in [2.75, 3.05) is 0 Å². The van der Waals surface area contributed by atoms with Crippen molar-refractivity contribution in [2.45, 2.75) is 26.9 Å². The van der Waals surface area contributed by atoms with Gasteiger partial charge in [0, 0.05) is 12.4 Å². The quantitative estimate of drug-likeness (QED) is 0.855. The first kappa shape index (κ1) is 11.8. The normalized spacial score (nSPS) is 12.5. The van der Waals surface area contributed by atoms with Crippen LogP contribution in [0, 0.1) is 20.8 Å². The topological polar surface area (TPSA) is 33.1 Å². The average Bonchev–Trinajstić information content (AvgIpc) is 2.32. The number of nitrogens with zero attached hydrogens (tertiary/aromatic N) is 1. The van der Waals surface area contributed by atoms with Gasteiger partial charge in [-0.15, -0.1) is 0 Å². The largest absolute Gasteiger partial charge is 0.384 e. The first-order chi connectivity index (χ1) is 8.09. The summed E-state index contributed by atoms with van der Waals surface area (Å²) in [5.74, 6) is 0. The maximum atomic E-state index is 10.4. The highest BCUT2D eigenvalue weighted by Crippen LogP contribution is 2.25. The van der Waals surface area contributed by atoms with E-state index in [-0.39, 0.29) is 0 Å². The van der Waals surface area contributed by atoms with Gasteiger partial charge in [0.15, 0.2) is 0 Å². The van der Waals surface area contributed by atoms with Gasteiger partial charge in [-0.05, 0) is 54.7 Å². The highest BCUT2D eigenvalue weighted by Gasteiger charge is 2.13. The van der Waals surface area contributed by atoms with Crippen molar-refractivity contribution >= 4 is 0 Å². The van der Waals surface area contributed by atoms with Gasteiger partial charge in [0.1, 0.15) is 6.10 Å². The van der Waals surface area contributed by atoms with Crippen molar-refractivity contribution in [1.82, 2.24) is 4.98 Å². The van der Waals surface area contributed by atoms with Gasteiger partial charge in [0.05, 0.1) is 0 Å². The van der Waals surface area contributed by atoms with E-state index in [2.05, 4.69) is 18.8 Å². The lowest BCUT2D eigenvalue weighted by atomic mass is 9.96. The molecule has 1 aromatic heterocycles. The zero-order valence-corrected chi connectivity index (χ0v) is 10.4. The van der Waals surface area contributed by atoms with Gasteiger partial charge in [0.25, 0.3) is 0 Å². The monoisotopic (exact) mass is 227 g/mol. The van der Waals surface area contributed by atoms with Crippen molar-refractivity contribution < 1.29 is 5.11 Å². The van der Waals surface area contributed by atoms with Gasteiger partial charge >= 0.3 is 0 Å². The minimum atomic E-state index is -0.572. The summed E-state index contributed by atoms with van der Waals surface area (Å²) >= 11 is 0. The molecule has 88 valence electrons. The molecule has 0 bridgehead atoms. The maximum Gasteiger partial charge on any atom is 0.104 e. The number of hydrogen-bond donors (Lipinski definition) is 1. The summed E-state index contributed by atoms with van der Waals surface area (Å²) < 4.78 is 0. The minimum absolute atomic E-state index is 0.572. The van der Waals surface area contributed by atoms with Crippen LogP contribution >= 0.6 is 0 Å². The number of aliphatic hydroxyl groups is 1. The number of rotatable bonds is 2. The Balaban J connectivity index is 2.40. The lowest BCUT2D eigenvalue weighted by Crippen LogP contribution is -2.03. The lowest BCUT2D eigenvalue weighted by molar-refractivity contribution is 0.219. The third-order valence-corrected chi connectivity index (χ3v) is 3.20. The standard InChI is InChI=1S/C15H17NO/c1-10-4-5-13(8-11(10)2)15(17)14-6-7-16-9-12(14)3/h4-9,15,17H,1-3H3. The molecule has 1 aromatic carbocycles. The molecule has 1 unspecified atom stereocenters. The van der Waals surface area contributed by atoms with E-state index in [0.29, 0.717) is 0 Å². The number of aryl methyl sites for hydroxylation is 3. The van der Waals surface area contributed by atoms with Crippen LogP contribution in [0.25, 0.3) is 0 Å². The molecule has 2 aromatic rings. The molecule has 0 aliphatic carbocycles. The van der Waals surface area contributed by atoms with Gasteiger partial charge in [-0.25, -0.2) is 0 Å². The molecule has 1 atom stereocenters. The summed E-state index contributed by atoms with van der Waals surface area (Å²) in [7, 11) is 0. The molecule has 0 saturated heterocycles. The molecule has 0 fully saturated rings. The Morgan fingerprint density at radius 3 is 2.41 bits per heavy atom. The van der Waals surface area contributed by atoms with E-state index in [1.165, 1.54) is 11.1 Å². The van der Waals surface area contributed by atoms with Crippen LogP contribution in [0.1, 0.15) is 33.9 Å². The number of hydrogen-bond acceptors (Lipinski definition) is 2. The Labute approximate surface area is 102 Å². The molecule has 0 aliphatic heterocycles. The zero-order valence-electron chi connectivity index (χ0n) is 10.4. The van der Waals surface area contributed by atoms with Crippen LogP contribution in [0.4, 0.5) is 0 Å². The highest BCUT2D eigenvalue weighted by atomic mass is 16.3. The minimum Gasteiger partial charge on any atom is -0.384 e. The number of pyridine rings is 1. The second kappa shape index (κ2) is 4.68. The van der Waals surface area contributed by atoms with Crippen LogP contribution in [-0.2, 0) is 0 Å². The van der Waals surface area contributed by atoms with Gasteiger partial charge in [-0.1, -0.05) is 18.2 Å². The first-order valence-electron chi connectivity index (χ1n) is 5.75. The van der Waals surface area contributed by atoms with Crippen molar-refractivity contribution in [3.8, 4) is 0 Å². The number of benzene rings is 1. The van der Waals surface area contributed by atoms with Crippen LogP contribution in [-0.4, -0.2) is 10.1 Å². The van der Waals surface area contributed by atoms with E-state index in [9.17, 15) is 5.11 Å². The fourth-order valence-electron chi connectivity index (χ4n) is 1.91. The Hall–Kier alpha value is -1.67. The molecule has 17 heavy (non-hydrogen) atoms. The zero-order chi connectivity index (χ0) is 12.4. The third-order valence-electron chi connectivity index (χ3n) is 3.20. The summed E-state index contributed by atoms with van der Waals surface area (Å²) in [6, 6.07) is 7.94. The van der Waals surface area contributed by atoms with Crippen LogP contribution in [0.2, 0.25) is 0 Å². The fraction of sp³-hybridized carbons (Fsp3) is 0.267. The molecule has 0 spiro atoms. The molecule has 1 heterocycles. The van der Waals surface area contributed by atoms with Crippen LogP contribution in [0.3, 0.4) is 0 Å². The van der Waals surface area contributed by atoms with Crippen molar-refractivity contribution in [3.63, 3.8) is 0 Å². The maximum absolute atomic E-state index is 10.4. The molecule has 0 amide bonds. The third kappa shape index (κ3) is 2.37. The van der Waals surface area contributed by atoms with E-state index in [4.69, 9.17) is 0 Å². The molecular weight excluding hydrogens is 210 g/mol. The van der Waals surface area contributed by atoms with E-state index in [1.807, 2.05) is 31.2 Å². The molecule has 2 heteroatoms. The van der Waals surface area contributed by atoms with Gasteiger partial charge in [-0.2, -0.15) is 0 Å². The summed E-state index contributed by atoms with van der Waals surface area (Å²) in [4.78, 5) is 4.04. The summed E-state index contributed by atoms with van der Waals surface area (Å²) in [6.45, 7) is 6.10. The second-order valence-electron chi connectivity index (χ2n) is 4.48. The smallest absolute Gasteiger partial charge is 0.104 e. The molecule has 1 N–H and O–H groups in total. The van der Waals surface area contributed by atoms with Crippen LogP contribution in [0.5, 0.6) is 0 Å². The molecule has 0 radical (unpaired) electrons. The predicted octanol–water partition coefficient (Wildman–Crippen LogP) is 3.09. The van der Waals surface area contributed by atoms with Crippen molar-refractivity contribution in [2.24, 2.45) is 0 Å². The highest BCUT2D eigenvalue weighted by molar-refractivity contribution is 5.37.